The SMILES string of the molecule is CN1CC[C@]23CCCCC2C1Cc1ccc(OC(=O)OCCl)cc13. The minimum Gasteiger partial charge on any atom is -0.418 e. The van der Waals surface area contributed by atoms with Crippen molar-refractivity contribution in [1.29, 1.82) is 0 Å². The lowest BCUT2D eigenvalue weighted by Crippen LogP contribution is -2.59. The molecule has 3 aliphatic rings. The molecule has 2 fully saturated rings. The molecule has 0 amide bonds. The number of alkyl halides is 1. The van der Waals surface area contributed by atoms with Crippen molar-refractivity contribution < 1.29 is 14.3 Å². The van der Waals surface area contributed by atoms with Crippen LogP contribution in [0.3, 0.4) is 0 Å². The van der Waals surface area contributed by atoms with Gasteiger partial charge in [0.25, 0.3) is 0 Å². The lowest BCUT2D eigenvalue weighted by atomic mass is 9.52. The summed E-state index contributed by atoms with van der Waals surface area (Å²) < 4.78 is 9.99. The van der Waals surface area contributed by atoms with Gasteiger partial charge in [-0.05, 0) is 68.5 Å². The predicted octanol–water partition coefficient (Wildman–Crippen LogP) is 4.09. The molecule has 0 radical (unpaired) electrons. The van der Waals surface area contributed by atoms with Gasteiger partial charge in [0.1, 0.15) is 5.75 Å². The molecule has 1 aliphatic heterocycles. The first-order chi connectivity index (χ1) is 11.6. The van der Waals surface area contributed by atoms with Gasteiger partial charge in [-0.25, -0.2) is 4.79 Å². The molecular weight excluding hydrogens is 326 g/mol. The second-order valence-corrected chi connectivity index (χ2v) is 7.65. The highest BCUT2D eigenvalue weighted by Gasteiger charge is 2.53. The second-order valence-electron chi connectivity index (χ2n) is 7.43. The highest BCUT2D eigenvalue weighted by Crippen LogP contribution is 2.55. The predicted molar refractivity (Wildman–Crippen MR) is 92.6 cm³/mol. The van der Waals surface area contributed by atoms with Crippen LogP contribution in [0.2, 0.25) is 0 Å². The topological polar surface area (TPSA) is 38.8 Å². The van der Waals surface area contributed by atoms with Crippen molar-refractivity contribution in [2.75, 3.05) is 19.7 Å². The Labute approximate surface area is 148 Å². The lowest BCUT2D eigenvalue weighted by molar-refractivity contribution is 0.00270. The van der Waals surface area contributed by atoms with Gasteiger partial charge in [0.15, 0.2) is 6.07 Å². The van der Waals surface area contributed by atoms with Gasteiger partial charge >= 0.3 is 6.16 Å². The Morgan fingerprint density at radius 2 is 2.25 bits per heavy atom. The third-order valence-electron chi connectivity index (χ3n) is 6.46. The Kier molecular flexibility index (Phi) is 4.21. The monoisotopic (exact) mass is 349 g/mol. The summed E-state index contributed by atoms with van der Waals surface area (Å²) >= 11 is 5.42. The molecule has 1 saturated carbocycles. The standard InChI is InChI=1S/C19H24ClNO3/c1-21-9-8-19-7-3-2-4-15(19)17(21)10-13-5-6-14(11-16(13)19)24-18(22)23-12-20/h5-6,11,15,17H,2-4,7-10,12H2,1H3/t15?,17?,19-/m1/s1. The number of carbonyl (C=O) groups excluding carboxylic acids is 1. The molecule has 2 bridgehead atoms. The molecule has 0 spiro atoms. The molecule has 1 aromatic rings. The van der Waals surface area contributed by atoms with E-state index < -0.39 is 6.16 Å². The normalized spacial score (nSPS) is 31.8. The van der Waals surface area contributed by atoms with E-state index in [1.165, 1.54) is 43.2 Å². The third kappa shape index (κ3) is 2.51. The molecule has 2 unspecified atom stereocenters. The van der Waals surface area contributed by atoms with E-state index in [2.05, 4.69) is 28.8 Å². The van der Waals surface area contributed by atoms with Gasteiger partial charge in [0.2, 0.25) is 0 Å². The van der Waals surface area contributed by atoms with Gasteiger partial charge in [-0.3, -0.25) is 0 Å². The molecule has 24 heavy (non-hydrogen) atoms. The zero-order chi connectivity index (χ0) is 16.7. The van der Waals surface area contributed by atoms with Crippen LogP contribution in [0.5, 0.6) is 5.75 Å². The summed E-state index contributed by atoms with van der Waals surface area (Å²) in [5, 5.41) is 0. The first kappa shape index (κ1) is 16.2. The fourth-order valence-electron chi connectivity index (χ4n) is 5.41. The third-order valence-corrected chi connectivity index (χ3v) is 6.57. The van der Waals surface area contributed by atoms with Crippen LogP contribution in [0.15, 0.2) is 18.2 Å². The Morgan fingerprint density at radius 3 is 3.08 bits per heavy atom. The summed E-state index contributed by atoms with van der Waals surface area (Å²) in [6, 6.07) is 6.56. The van der Waals surface area contributed by atoms with Crippen LogP contribution >= 0.6 is 11.6 Å². The molecule has 2 aliphatic carbocycles. The fourth-order valence-corrected chi connectivity index (χ4v) is 5.50. The number of rotatable bonds is 2. The van der Waals surface area contributed by atoms with E-state index in [1.54, 1.807) is 0 Å². The summed E-state index contributed by atoms with van der Waals surface area (Å²) in [5.74, 6) is 1.29. The summed E-state index contributed by atoms with van der Waals surface area (Å²) in [5.41, 5.74) is 3.09. The average molecular weight is 350 g/mol. The van der Waals surface area contributed by atoms with Gasteiger partial charge in [-0.1, -0.05) is 30.5 Å². The molecule has 5 heteroatoms. The minimum atomic E-state index is -0.736. The average Bonchev–Trinajstić information content (AvgIpc) is 2.59. The van der Waals surface area contributed by atoms with Crippen LogP contribution in [-0.4, -0.2) is 36.8 Å². The maximum atomic E-state index is 11.6. The second kappa shape index (κ2) is 6.23. The number of fused-ring (bicyclic) bond motifs is 1. The van der Waals surface area contributed by atoms with Gasteiger partial charge < -0.3 is 14.4 Å². The summed E-state index contributed by atoms with van der Waals surface area (Å²) in [6.07, 6.45) is 6.77. The first-order valence-corrected chi connectivity index (χ1v) is 9.42. The highest BCUT2D eigenvalue weighted by atomic mass is 35.5. The summed E-state index contributed by atoms with van der Waals surface area (Å²) in [4.78, 5) is 14.1. The molecule has 0 N–H and O–H groups in total. The van der Waals surface area contributed by atoms with Gasteiger partial charge in [-0.2, -0.15) is 0 Å². The van der Waals surface area contributed by atoms with E-state index in [9.17, 15) is 4.79 Å². The Morgan fingerprint density at radius 1 is 1.38 bits per heavy atom. The first-order valence-electron chi connectivity index (χ1n) is 8.88. The van der Waals surface area contributed by atoms with Gasteiger partial charge in [-0.15, -0.1) is 0 Å². The Hall–Kier alpha value is -1.26. The number of hydrogen-bond acceptors (Lipinski definition) is 4. The van der Waals surface area contributed by atoms with Crippen LogP contribution in [0.4, 0.5) is 4.79 Å². The van der Waals surface area contributed by atoms with Crippen LogP contribution in [0.25, 0.3) is 0 Å². The number of likely N-dealkylation sites (N-methyl/N-ethyl adjacent to an activating group) is 1. The van der Waals surface area contributed by atoms with E-state index in [1.807, 2.05) is 6.07 Å². The number of halogens is 1. The zero-order valence-electron chi connectivity index (χ0n) is 14.1. The van der Waals surface area contributed by atoms with Crippen LogP contribution in [0.1, 0.15) is 43.2 Å². The molecule has 1 aromatic carbocycles. The molecule has 4 nitrogen and oxygen atoms in total. The van der Waals surface area contributed by atoms with E-state index in [-0.39, 0.29) is 11.5 Å². The summed E-state index contributed by atoms with van der Waals surface area (Å²) in [7, 11) is 2.27. The molecular formula is C19H24ClNO3. The smallest absolute Gasteiger partial charge is 0.418 e. The van der Waals surface area contributed by atoms with Gasteiger partial charge in [0.05, 0.1) is 0 Å². The van der Waals surface area contributed by atoms with Crippen LogP contribution in [-0.2, 0) is 16.6 Å². The number of nitrogens with zero attached hydrogens (tertiary/aromatic N) is 1. The molecule has 3 atom stereocenters. The van der Waals surface area contributed by atoms with Crippen molar-refractivity contribution in [2.24, 2.45) is 5.92 Å². The molecule has 0 aromatic heterocycles. The van der Waals surface area contributed by atoms with E-state index in [4.69, 9.17) is 16.3 Å². The Balaban J connectivity index is 1.72. The Bertz CT molecular complexity index is 649. The lowest BCUT2D eigenvalue weighted by Gasteiger charge is -2.58. The van der Waals surface area contributed by atoms with Crippen molar-refractivity contribution in [3.8, 4) is 5.75 Å². The summed E-state index contributed by atoms with van der Waals surface area (Å²) in [6.45, 7) is 1.15. The van der Waals surface area contributed by atoms with E-state index >= 15 is 0 Å². The number of hydrogen-bond donors (Lipinski definition) is 0. The van der Waals surface area contributed by atoms with E-state index in [0.717, 1.165) is 18.9 Å². The number of carbonyl (C=O) groups is 1. The van der Waals surface area contributed by atoms with Crippen LogP contribution in [0, 0.1) is 5.92 Å². The number of ether oxygens (including phenoxy) is 2. The van der Waals surface area contributed by atoms with Gasteiger partial charge in [0, 0.05) is 11.5 Å². The highest BCUT2D eigenvalue weighted by molar-refractivity contribution is 6.17. The van der Waals surface area contributed by atoms with Crippen molar-refractivity contribution in [2.45, 2.75) is 50.0 Å². The van der Waals surface area contributed by atoms with E-state index in [0.29, 0.717) is 11.8 Å². The quantitative estimate of drug-likeness (QED) is 0.458. The number of likely N-dealkylation sites (tertiary alicyclic amines) is 1. The minimum absolute atomic E-state index is 0.191. The zero-order valence-corrected chi connectivity index (χ0v) is 14.8. The fraction of sp³-hybridized carbons (Fsp3) is 0.632. The van der Waals surface area contributed by atoms with Crippen molar-refractivity contribution >= 4 is 17.8 Å². The molecule has 4 rings (SSSR count). The van der Waals surface area contributed by atoms with Crippen molar-refractivity contribution in [1.82, 2.24) is 4.90 Å². The molecule has 1 saturated heterocycles. The molecule has 130 valence electrons. The largest absolute Gasteiger partial charge is 0.515 e. The molecule has 1 heterocycles. The maximum absolute atomic E-state index is 11.6. The van der Waals surface area contributed by atoms with Crippen molar-refractivity contribution in [3.63, 3.8) is 0 Å². The van der Waals surface area contributed by atoms with Crippen molar-refractivity contribution in [3.05, 3.63) is 29.3 Å². The number of benzene rings is 1. The maximum Gasteiger partial charge on any atom is 0.515 e. The number of piperidine rings is 1. The van der Waals surface area contributed by atoms with Crippen LogP contribution < -0.4 is 4.74 Å².